The van der Waals surface area contributed by atoms with E-state index in [1.165, 1.54) is 4.90 Å². The second-order valence-corrected chi connectivity index (χ2v) is 9.31. The van der Waals surface area contributed by atoms with Crippen LogP contribution in [0, 0.1) is 12.3 Å². The van der Waals surface area contributed by atoms with Gasteiger partial charge in [-0.3, -0.25) is 10.2 Å². The van der Waals surface area contributed by atoms with Gasteiger partial charge in [-0.25, -0.2) is 4.98 Å². The Balaban J connectivity index is 1.62. The van der Waals surface area contributed by atoms with Gasteiger partial charge in [-0.1, -0.05) is 36.4 Å². The number of aryl methyl sites for hydroxylation is 1. The number of nitrogens with zero attached hydrogens (tertiary/aromatic N) is 5. The van der Waals surface area contributed by atoms with Gasteiger partial charge < -0.3 is 30.4 Å². The second kappa shape index (κ2) is 10.7. The largest absolute Gasteiger partial charge is 0.437 e. The van der Waals surface area contributed by atoms with Gasteiger partial charge in [0.2, 0.25) is 0 Å². The van der Waals surface area contributed by atoms with E-state index in [1.807, 2.05) is 41.8 Å². The lowest BCUT2D eigenvalue weighted by Crippen LogP contribution is -2.21. The zero-order valence-corrected chi connectivity index (χ0v) is 22.3. The first-order valence-electron chi connectivity index (χ1n) is 12.4. The molecule has 3 aromatic carbocycles. The van der Waals surface area contributed by atoms with Crippen molar-refractivity contribution in [1.29, 1.82) is 5.41 Å². The molecule has 1 amide bonds. The summed E-state index contributed by atoms with van der Waals surface area (Å²) in [4.78, 5) is 27.9. The van der Waals surface area contributed by atoms with Crippen LogP contribution in [0.1, 0.15) is 27.3 Å². The van der Waals surface area contributed by atoms with Crippen LogP contribution in [-0.2, 0) is 6.54 Å². The standard InChI is InChI=1S/C29H28N8O3/c1-17-33-24-26(37(17)16-18-8-5-4-6-9-18)34-29(40-23-15-19(25(31)32)12-13-22(23)30)35-27(24)39-21-11-7-10-20(14-21)28(38)36(2)3/h4-15H,16,30H2,1-3H3,(H3,31,32). The Hall–Kier alpha value is -5.45. The van der Waals surface area contributed by atoms with E-state index in [2.05, 4.69) is 9.97 Å². The van der Waals surface area contributed by atoms with E-state index in [0.717, 1.165) is 5.56 Å². The molecule has 0 atom stereocenters. The first-order valence-corrected chi connectivity index (χ1v) is 12.4. The van der Waals surface area contributed by atoms with E-state index >= 15 is 0 Å². The van der Waals surface area contributed by atoms with Crippen LogP contribution < -0.4 is 20.9 Å². The Morgan fingerprint density at radius 1 is 0.950 bits per heavy atom. The molecule has 0 aliphatic rings. The van der Waals surface area contributed by atoms with Crippen LogP contribution in [0.25, 0.3) is 11.2 Å². The van der Waals surface area contributed by atoms with Crippen LogP contribution in [0.4, 0.5) is 5.69 Å². The van der Waals surface area contributed by atoms with Crippen molar-refractivity contribution >= 4 is 28.6 Å². The van der Waals surface area contributed by atoms with Gasteiger partial charge in [-0.05, 0) is 48.9 Å². The van der Waals surface area contributed by atoms with Gasteiger partial charge in [0.1, 0.15) is 17.4 Å². The smallest absolute Gasteiger partial charge is 0.327 e. The topological polar surface area (TPSA) is 158 Å². The van der Waals surface area contributed by atoms with Crippen LogP contribution in [-0.4, -0.2) is 50.3 Å². The molecule has 11 nitrogen and oxygen atoms in total. The molecule has 5 aromatic rings. The molecular formula is C29H28N8O3. The van der Waals surface area contributed by atoms with Gasteiger partial charge in [-0.15, -0.1) is 0 Å². The third kappa shape index (κ3) is 5.39. The fraction of sp³-hybridized carbons (Fsp3) is 0.138. The Morgan fingerprint density at radius 2 is 1.73 bits per heavy atom. The molecule has 0 aliphatic carbocycles. The van der Waals surface area contributed by atoms with Crippen LogP contribution in [0.5, 0.6) is 23.4 Å². The second-order valence-electron chi connectivity index (χ2n) is 9.31. The average Bonchev–Trinajstić information content (AvgIpc) is 3.25. The van der Waals surface area contributed by atoms with Gasteiger partial charge in [0, 0.05) is 25.2 Å². The maximum absolute atomic E-state index is 12.5. The molecule has 0 unspecified atom stereocenters. The molecule has 2 aromatic heterocycles. The van der Waals surface area contributed by atoms with Crippen LogP contribution >= 0.6 is 0 Å². The summed E-state index contributed by atoms with van der Waals surface area (Å²) in [5, 5.41) is 7.75. The van der Waals surface area contributed by atoms with E-state index in [4.69, 9.17) is 31.3 Å². The SMILES string of the molecule is Cc1nc2c(Oc3cccc(C(=O)N(C)C)c3)nc(Oc3cc(C(=N)N)ccc3N)nc2n1Cc1ccccc1. The van der Waals surface area contributed by atoms with Gasteiger partial charge in [0.25, 0.3) is 11.8 Å². The number of imidazole rings is 1. The monoisotopic (exact) mass is 536 g/mol. The third-order valence-electron chi connectivity index (χ3n) is 6.14. The molecule has 0 bridgehead atoms. The number of hydrogen-bond donors (Lipinski definition) is 3. The number of amides is 1. The van der Waals surface area contributed by atoms with Gasteiger partial charge >= 0.3 is 6.01 Å². The molecule has 5 N–H and O–H groups in total. The molecule has 0 fully saturated rings. The molecular weight excluding hydrogens is 508 g/mol. The van der Waals surface area contributed by atoms with E-state index in [-0.39, 0.29) is 29.4 Å². The molecule has 202 valence electrons. The Labute approximate surface area is 230 Å². The highest BCUT2D eigenvalue weighted by atomic mass is 16.5. The van der Waals surface area contributed by atoms with Crippen LogP contribution in [0.15, 0.2) is 72.8 Å². The zero-order chi connectivity index (χ0) is 28.4. The van der Waals surface area contributed by atoms with Crippen molar-refractivity contribution in [1.82, 2.24) is 24.4 Å². The fourth-order valence-corrected chi connectivity index (χ4v) is 4.09. The number of rotatable bonds is 8. The van der Waals surface area contributed by atoms with Crippen LogP contribution in [0.3, 0.4) is 0 Å². The maximum atomic E-state index is 12.5. The summed E-state index contributed by atoms with van der Waals surface area (Å²) >= 11 is 0. The number of ether oxygens (including phenoxy) is 2. The molecule has 0 saturated heterocycles. The molecule has 0 aliphatic heterocycles. The van der Waals surface area contributed by atoms with Crippen molar-refractivity contribution in [2.24, 2.45) is 5.73 Å². The Bertz CT molecular complexity index is 1730. The highest BCUT2D eigenvalue weighted by molar-refractivity contribution is 5.96. The van der Waals surface area contributed by atoms with E-state index in [1.54, 1.807) is 56.6 Å². The van der Waals surface area contributed by atoms with Gasteiger partial charge in [0.05, 0.1) is 12.2 Å². The number of nitrogens with one attached hydrogen (secondary N) is 1. The van der Waals surface area contributed by atoms with Crippen molar-refractivity contribution in [2.75, 3.05) is 19.8 Å². The number of amidine groups is 1. The predicted molar refractivity (Wildman–Crippen MR) is 152 cm³/mol. The first kappa shape index (κ1) is 26.2. The van der Waals surface area contributed by atoms with E-state index in [9.17, 15) is 4.79 Å². The Kier molecular flexibility index (Phi) is 7.02. The normalized spacial score (nSPS) is 10.9. The number of anilines is 1. The molecule has 0 radical (unpaired) electrons. The minimum Gasteiger partial charge on any atom is -0.437 e. The summed E-state index contributed by atoms with van der Waals surface area (Å²) in [5.74, 6) is 1.19. The predicted octanol–water partition coefficient (Wildman–Crippen LogP) is 4.34. The maximum Gasteiger partial charge on any atom is 0.327 e. The van der Waals surface area contributed by atoms with Gasteiger partial charge in [-0.2, -0.15) is 9.97 Å². The minimum atomic E-state index is -0.161. The number of carbonyl (C=O) groups excluding carboxylic acids is 1. The van der Waals surface area contributed by atoms with E-state index in [0.29, 0.717) is 46.1 Å². The van der Waals surface area contributed by atoms with Crippen molar-refractivity contribution in [3.05, 3.63) is 95.3 Å². The molecule has 0 saturated carbocycles. The number of nitrogen functional groups attached to an aromatic ring is 2. The summed E-state index contributed by atoms with van der Waals surface area (Å²) < 4.78 is 14.1. The minimum absolute atomic E-state index is 0.0374. The lowest BCUT2D eigenvalue weighted by atomic mass is 10.2. The quantitative estimate of drug-likeness (QED) is 0.150. The molecule has 40 heavy (non-hydrogen) atoms. The highest BCUT2D eigenvalue weighted by Crippen LogP contribution is 2.33. The number of benzene rings is 3. The highest BCUT2D eigenvalue weighted by Gasteiger charge is 2.20. The summed E-state index contributed by atoms with van der Waals surface area (Å²) in [5.41, 5.74) is 15.0. The third-order valence-corrected chi connectivity index (χ3v) is 6.14. The summed E-state index contributed by atoms with van der Waals surface area (Å²) in [6.45, 7) is 2.38. The zero-order valence-electron chi connectivity index (χ0n) is 22.3. The Morgan fingerprint density at radius 3 is 2.45 bits per heavy atom. The molecule has 0 spiro atoms. The summed E-state index contributed by atoms with van der Waals surface area (Å²) in [6.07, 6.45) is 0. The number of hydrogen-bond acceptors (Lipinski definition) is 8. The van der Waals surface area contributed by atoms with Gasteiger partial charge in [0.15, 0.2) is 16.9 Å². The summed E-state index contributed by atoms with van der Waals surface area (Å²) in [6, 6.07) is 21.5. The molecule has 5 rings (SSSR count). The average molecular weight is 537 g/mol. The van der Waals surface area contributed by atoms with Crippen molar-refractivity contribution in [2.45, 2.75) is 13.5 Å². The van der Waals surface area contributed by atoms with Crippen molar-refractivity contribution < 1.29 is 14.3 Å². The molecule has 11 heteroatoms. The number of nitrogens with two attached hydrogens (primary N) is 2. The first-order chi connectivity index (χ1) is 19.2. The van der Waals surface area contributed by atoms with E-state index < -0.39 is 0 Å². The number of fused-ring (bicyclic) bond motifs is 1. The van der Waals surface area contributed by atoms with Crippen molar-refractivity contribution in [3.8, 4) is 23.4 Å². The molecule has 2 heterocycles. The lowest BCUT2D eigenvalue weighted by Gasteiger charge is -2.13. The number of carbonyl (C=O) groups is 1. The summed E-state index contributed by atoms with van der Waals surface area (Å²) in [7, 11) is 3.37. The number of aromatic nitrogens is 4. The van der Waals surface area contributed by atoms with Crippen molar-refractivity contribution in [3.63, 3.8) is 0 Å². The van der Waals surface area contributed by atoms with Crippen LogP contribution in [0.2, 0.25) is 0 Å². The fourth-order valence-electron chi connectivity index (χ4n) is 4.09. The lowest BCUT2D eigenvalue weighted by molar-refractivity contribution is 0.0827.